The fourth-order valence-electron chi connectivity index (χ4n) is 3.07. The molecule has 2 atom stereocenters. The maximum absolute atomic E-state index is 12.1. The topological polar surface area (TPSA) is 17.1 Å². The summed E-state index contributed by atoms with van der Waals surface area (Å²) in [7, 11) is 0. The molecule has 1 aromatic rings. The van der Waals surface area contributed by atoms with Crippen molar-refractivity contribution >= 4 is 17.5 Å². The van der Waals surface area contributed by atoms with Crippen LogP contribution in [-0.4, -0.2) is 5.78 Å². The molecule has 2 unspecified atom stereocenters. The van der Waals surface area contributed by atoms with Gasteiger partial charge in [-0.2, -0.15) is 0 Å². The quantitative estimate of drug-likeness (QED) is 0.780. The molecule has 2 heteroatoms. The van der Waals surface area contributed by atoms with Crippen molar-refractivity contribution in [2.45, 2.75) is 37.0 Å². The summed E-state index contributed by atoms with van der Waals surface area (Å²) in [6.45, 7) is 0. The van der Waals surface area contributed by atoms with E-state index in [1.807, 2.05) is 12.1 Å². The van der Waals surface area contributed by atoms with Crippen molar-refractivity contribution in [1.29, 1.82) is 0 Å². The molecule has 0 saturated heterocycles. The number of hydrogen-bond acceptors (Lipinski definition) is 2. The molecule has 0 aliphatic heterocycles. The van der Waals surface area contributed by atoms with E-state index in [2.05, 4.69) is 24.3 Å². The van der Waals surface area contributed by atoms with Crippen molar-refractivity contribution in [1.82, 2.24) is 0 Å². The highest BCUT2D eigenvalue weighted by molar-refractivity contribution is 8.03. The molecule has 1 nitrogen and oxygen atoms in total. The molecule has 0 heterocycles. The Morgan fingerprint density at radius 3 is 2.44 bits per heavy atom. The lowest BCUT2D eigenvalue weighted by Gasteiger charge is -2.18. The second kappa shape index (κ2) is 5.31. The maximum atomic E-state index is 12.1. The van der Waals surface area contributed by atoms with Crippen molar-refractivity contribution in [2.24, 2.45) is 11.8 Å². The molecule has 94 valence electrons. The van der Waals surface area contributed by atoms with Crippen LogP contribution in [0.3, 0.4) is 0 Å². The van der Waals surface area contributed by atoms with Crippen LogP contribution in [0.1, 0.15) is 32.1 Å². The number of rotatable bonds is 2. The highest BCUT2D eigenvalue weighted by atomic mass is 32.2. The molecule has 1 saturated carbocycles. The van der Waals surface area contributed by atoms with Gasteiger partial charge in [0.25, 0.3) is 0 Å². The zero-order valence-electron chi connectivity index (χ0n) is 10.5. The lowest BCUT2D eigenvalue weighted by molar-refractivity contribution is -0.118. The van der Waals surface area contributed by atoms with Gasteiger partial charge in [-0.1, -0.05) is 49.2 Å². The zero-order chi connectivity index (χ0) is 12.4. The van der Waals surface area contributed by atoms with Crippen LogP contribution in [0.4, 0.5) is 0 Å². The average molecular weight is 258 g/mol. The minimum Gasteiger partial charge on any atom is -0.294 e. The smallest absolute Gasteiger partial charge is 0.160 e. The number of ketones is 1. The van der Waals surface area contributed by atoms with Gasteiger partial charge in [-0.15, -0.1) is 0 Å². The Hall–Kier alpha value is -1.02. The van der Waals surface area contributed by atoms with Crippen molar-refractivity contribution < 1.29 is 4.79 Å². The molecular formula is C16H18OS. The third-order valence-corrected chi connectivity index (χ3v) is 5.17. The zero-order valence-corrected chi connectivity index (χ0v) is 11.3. The number of carbonyl (C=O) groups excluding carboxylic acids is 1. The van der Waals surface area contributed by atoms with Crippen LogP contribution in [0.15, 0.2) is 46.2 Å². The highest BCUT2D eigenvalue weighted by Gasteiger charge is 2.36. The van der Waals surface area contributed by atoms with Gasteiger partial charge in [-0.3, -0.25) is 4.79 Å². The number of benzene rings is 1. The number of carbonyl (C=O) groups is 1. The molecule has 0 amide bonds. The van der Waals surface area contributed by atoms with Gasteiger partial charge in [0.1, 0.15) is 0 Å². The van der Waals surface area contributed by atoms with Crippen LogP contribution in [-0.2, 0) is 4.79 Å². The minimum absolute atomic E-state index is 0.290. The van der Waals surface area contributed by atoms with Crippen LogP contribution < -0.4 is 0 Å². The Balaban J connectivity index is 1.79. The molecule has 0 aromatic heterocycles. The first-order chi connectivity index (χ1) is 8.84. The van der Waals surface area contributed by atoms with Crippen LogP contribution in [0.2, 0.25) is 0 Å². The number of allylic oxidation sites excluding steroid dienone is 2. The van der Waals surface area contributed by atoms with Crippen LogP contribution in [0.25, 0.3) is 0 Å². The summed E-state index contributed by atoms with van der Waals surface area (Å²) in [6.07, 6.45) is 8.01. The molecule has 3 rings (SSSR count). The van der Waals surface area contributed by atoms with Gasteiger partial charge in [-0.05, 0) is 36.0 Å². The minimum atomic E-state index is 0.290. The monoisotopic (exact) mass is 258 g/mol. The predicted molar refractivity (Wildman–Crippen MR) is 75.5 cm³/mol. The van der Waals surface area contributed by atoms with E-state index >= 15 is 0 Å². The summed E-state index contributed by atoms with van der Waals surface area (Å²) in [4.78, 5) is 14.6. The summed E-state index contributed by atoms with van der Waals surface area (Å²) < 4.78 is 0. The molecule has 1 fully saturated rings. The van der Waals surface area contributed by atoms with Crippen LogP contribution in [0.5, 0.6) is 0 Å². The number of thioether (sulfide) groups is 1. The Bertz CT molecular complexity index is 463. The molecule has 2 aliphatic carbocycles. The molecule has 0 spiro atoms. The van der Waals surface area contributed by atoms with E-state index in [4.69, 9.17) is 0 Å². The molecular weight excluding hydrogens is 240 g/mol. The van der Waals surface area contributed by atoms with E-state index in [-0.39, 0.29) is 0 Å². The van der Waals surface area contributed by atoms with Gasteiger partial charge in [-0.25, -0.2) is 0 Å². The highest BCUT2D eigenvalue weighted by Crippen LogP contribution is 2.45. The maximum Gasteiger partial charge on any atom is 0.160 e. The third-order valence-electron chi connectivity index (χ3n) is 4.01. The summed E-state index contributed by atoms with van der Waals surface area (Å²) in [5, 5.41) is 0. The van der Waals surface area contributed by atoms with Crippen molar-refractivity contribution in [3.05, 3.63) is 41.3 Å². The van der Waals surface area contributed by atoms with Crippen LogP contribution >= 0.6 is 11.8 Å². The molecule has 0 N–H and O–H groups in total. The second-order valence-corrected chi connectivity index (χ2v) is 6.36. The van der Waals surface area contributed by atoms with E-state index in [1.54, 1.807) is 11.8 Å². The normalized spacial score (nSPS) is 27.6. The van der Waals surface area contributed by atoms with E-state index < -0.39 is 0 Å². The molecule has 2 aliphatic rings. The van der Waals surface area contributed by atoms with E-state index in [0.29, 0.717) is 17.6 Å². The van der Waals surface area contributed by atoms with E-state index in [9.17, 15) is 4.79 Å². The Kier molecular flexibility index (Phi) is 3.55. The van der Waals surface area contributed by atoms with Gasteiger partial charge >= 0.3 is 0 Å². The van der Waals surface area contributed by atoms with Crippen molar-refractivity contribution in [3.63, 3.8) is 0 Å². The predicted octanol–water partition coefficient (Wildman–Crippen LogP) is 4.44. The van der Waals surface area contributed by atoms with Gasteiger partial charge in [0.05, 0.1) is 0 Å². The fourth-order valence-corrected chi connectivity index (χ4v) is 4.25. The van der Waals surface area contributed by atoms with Gasteiger partial charge in [0.15, 0.2) is 5.78 Å². The lowest BCUT2D eigenvalue weighted by Crippen LogP contribution is -2.15. The third kappa shape index (κ3) is 2.39. The fraction of sp³-hybridized carbons (Fsp3) is 0.438. The van der Waals surface area contributed by atoms with E-state index in [0.717, 1.165) is 6.42 Å². The Morgan fingerprint density at radius 1 is 0.944 bits per heavy atom. The first-order valence-electron chi connectivity index (χ1n) is 6.83. The van der Waals surface area contributed by atoms with Gasteiger partial charge in [0.2, 0.25) is 0 Å². The van der Waals surface area contributed by atoms with Crippen LogP contribution in [0, 0.1) is 11.8 Å². The Labute approximate surface area is 113 Å². The Morgan fingerprint density at radius 2 is 1.67 bits per heavy atom. The van der Waals surface area contributed by atoms with Gasteiger partial charge in [0, 0.05) is 16.7 Å². The van der Waals surface area contributed by atoms with Crippen molar-refractivity contribution in [3.8, 4) is 0 Å². The number of hydrogen-bond donors (Lipinski definition) is 0. The second-order valence-electron chi connectivity index (χ2n) is 5.22. The lowest BCUT2D eigenvalue weighted by atomic mass is 9.90. The molecule has 0 radical (unpaired) electrons. The molecule has 1 aromatic carbocycles. The first-order valence-corrected chi connectivity index (χ1v) is 7.64. The molecule has 18 heavy (non-hydrogen) atoms. The number of fused-ring (bicyclic) bond motifs is 1. The summed E-state index contributed by atoms with van der Waals surface area (Å²) >= 11 is 1.79. The molecule has 0 bridgehead atoms. The summed E-state index contributed by atoms with van der Waals surface area (Å²) in [5.41, 5.74) is 0. The van der Waals surface area contributed by atoms with Gasteiger partial charge < -0.3 is 0 Å². The summed E-state index contributed by atoms with van der Waals surface area (Å²) in [6, 6.07) is 10.4. The van der Waals surface area contributed by atoms with Crippen molar-refractivity contribution in [2.75, 3.05) is 0 Å². The standard InChI is InChI=1S/C16H18OS/c17-15-11-16(18-12-7-3-1-4-8-12)14-10-6-2-5-9-13(14)15/h1,3-4,7-8,11,13-14H,2,5-6,9-10H2. The average Bonchev–Trinajstić information content (AvgIpc) is 2.59. The summed E-state index contributed by atoms with van der Waals surface area (Å²) in [5.74, 6) is 1.17. The SMILES string of the molecule is O=C1C=C(Sc2ccccc2)C2CCCCCC12. The first kappa shape index (κ1) is 12.0. The van der Waals surface area contributed by atoms with E-state index in [1.165, 1.54) is 35.5 Å². The largest absolute Gasteiger partial charge is 0.294 e.